The van der Waals surface area contributed by atoms with E-state index in [-0.39, 0.29) is 0 Å². The first-order chi connectivity index (χ1) is 13.0. The monoisotopic (exact) mass is 371 g/mol. The minimum atomic E-state index is -1.10. The molecule has 1 aliphatic heterocycles. The van der Waals surface area contributed by atoms with E-state index in [4.69, 9.17) is 0 Å². The van der Waals surface area contributed by atoms with E-state index in [1.807, 2.05) is 42.2 Å². The number of likely N-dealkylation sites (tertiary alicyclic amines) is 1. The fraction of sp³-hybridized carbons (Fsp3) is 0.524. The quantitative estimate of drug-likeness (QED) is 0.746. The molecule has 6 nitrogen and oxygen atoms in total. The van der Waals surface area contributed by atoms with Crippen molar-refractivity contribution in [2.75, 3.05) is 13.1 Å². The molecule has 6 heteroatoms. The van der Waals surface area contributed by atoms with Crippen LogP contribution >= 0.6 is 0 Å². The van der Waals surface area contributed by atoms with E-state index in [1.54, 1.807) is 0 Å². The first kappa shape index (κ1) is 19.6. The Morgan fingerprint density at radius 1 is 1.30 bits per heavy atom. The van der Waals surface area contributed by atoms with E-state index in [0.717, 1.165) is 24.9 Å². The standard InChI is InChI=1S/C21H29N3O3/c1-2-24-15-18(13-22-24)14-23-12-10-19(25)21(16-23,20(26)27)11-6-9-17-7-4-3-5-8-17/h3-5,7-8,13,15,19,25H,2,6,9-12,14,16H2,1H3,(H,26,27)/t19-,21+/m0/s1. The van der Waals surface area contributed by atoms with Gasteiger partial charge in [-0.05, 0) is 38.2 Å². The van der Waals surface area contributed by atoms with E-state index in [0.29, 0.717) is 32.5 Å². The number of aryl methyl sites for hydroxylation is 2. The molecule has 1 aliphatic rings. The molecule has 0 amide bonds. The summed E-state index contributed by atoms with van der Waals surface area (Å²) in [5.74, 6) is -0.892. The molecule has 0 aliphatic carbocycles. The lowest BCUT2D eigenvalue weighted by atomic mass is 9.73. The molecule has 2 aromatic rings. The van der Waals surface area contributed by atoms with Gasteiger partial charge in [-0.15, -0.1) is 0 Å². The smallest absolute Gasteiger partial charge is 0.313 e. The van der Waals surface area contributed by atoms with Gasteiger partial charge in [-0.3, -0.25) is 14.4 Å². The lowest BCUT2D eigenvalue weighted by Crippen LogP contribution is -2.55. The summed E-state index contributed by atoms with van der Waals surface area (Å²) in [7, 11) is 0. The first-order valence-corrected chi connectivity index (χ1v) is 9.72. The van der Waals surface area contributed by atoms with Crippen LogP contribution in [-0.2, 0) is 24.3 Å². The second kappa shape index (κ2) is 8.67. The highest BCUT2D eigenvalue weighted by atomic mass is 16.4. The maximum absolute atomic E-state index is 12.2. The molecule has 27 heavy (non-hydrogen) atoms. The number of rotatable bonds is 8. The van der Waals surface area contributed by atoms with Crippen molar-refractivity contribution >= 4 is 5.97 Å². The zero-order valence-electron chi connectivity index (χ0n) is 15.9. The minimum Gasteiger partial charge on any atom is -0.481 e. The molecule has 1 fully saturated rings. The SMILES string of the molecule is CCn1cc(CN2CC[C@H](O)[C@](CCCc3ccccc3)(C(=O)O)C2)cn1. The number of carbonyl (C=O) groups is 1. The van der Waals surface area contributed by atoms with E-state index >= 15 is 0 Å². The normalized spacial score (nSPS) is 23.4. The van der Waals surface area contributed by atoms with Gasteiger partial charge in [-0.1, -0.05) is 30.3 Å². The Morgan fingerprint density at radius 2 is 2.07 bits per heavy atom. The lowest BCUT2D eigenvalue weighted by molar-refractivity contribution is -0.164. The Kier molecular flexibility index (Phi) is 6.29. The molecule has 2 atom stereocenters. The molecule has 146 valence electrons. The second-order valence-electron chi connectivity index (χ2n) is 7.52. The third-order valence-electron chi connectivity index (χ3n) is 5.64. The van der Waals surface area contributed by atoms with Crippen LogP contribution in [0.5, 0.6) is 0 Å². The fourth-order valence-corrected chi connectivity index (χ4v) is 4.03. The summed E-state index contributed by atoms with van der Waals surface area (Å²) in [4.78, 5) is 14.3. The molecule has 1 aromatic heterocycles. The van der Waals surface area contributed by atoms with Crippen LogP contribution in [0.4, 0.5) is 0 Å². The van der Waals surface area contributed by atoms with E-state index < -0.39 is 17.5 Å². The number of benzene rings is 1. The molecule has 0 radical (unpaired) electrons. The molecule has 2 heterocycles. The number of aliphatic carboxylic acids is 1. The maximum atomic E-state index is 12.2. The van der Waals surface area contributed by atoms with Gasteiger partial charge in [0.25, 0.3) is 0 Å². The average Bonchev–Trinajstić information content (AvgIpc) is 3.12. The van der Waals surface area contributed by atoms with E-state index in [9.17, 15) is 15.0 Å². The van der Waals surface area contributed by atoms with Gasteiger partial charge in [-0.25, -0.2) is 0 Å². The Bertz CT molecular complexity index is 746. The summed E-state index contributed by atoms with van der Waals surface area (Å²) in [5.41, 5.74) is 1.18. The van der Waals surface area contributed by atoms with Crippen LogP contribution in [0.25, 0.3) is 0 Å². The Hall–Kier alpha value is -2.18. The van der Waals surface area contributed by atoms with Crippen LogP contribution in [0, 0.1) is 5.41 Å². The molecule has 1 saturated heterocycles. The van der Waals surface area contributed by atoms with Gasteiger partial charge < -0.3 is 10.2 Å². The molecule has 2 N–H and O–H groups in total. The summed E-state index contributed by atoms with van der Waals surface area (Å²) >= 11 is 0. The number of hydrogen-bond acceptors (Lipinski definition) is 4. The van der Waals surface area contributed by atoms with Gasteiger partial charge in [0, 0.05) is 37.9 Å². The predicted molar refractivity (Wildman–Crippen MR) is 103 cm³/mol. The lowest BCUT2D eigenvalue weighted by Gasteiger charge is -2.43. The van der Waals surface area contributed by atoms with Crippen molar-refractivity contribution in [2.45, 2.75) is 51.8 Å². The largest absolute Gasteiger partial charge is 0.481 e. The highest BCUT2D eigenvalue weighted by molar-refractivity contribution is 5.76. The van der Waals surface area contributed by atoms with Gasteiger partial charge in [0.2, 0.25) is 0 Å². The molecule has 0 spiro atoms. The van der Waals surface area contributed by atoms with Crippen LogP contribution in [-0.4, -0.2) is 50.1 Å². The summed E-state index contributed by atoms with van der Waals surface area (Å²) in [6.45, 7) is 4.59. The van der Waals surface area contributed by atoms with E-state index in [1.165, 1.54) is 5.56 Å². The first-order valence-electron chi connectivity index (χ1n) is 9.72. The zero-order chi connectivity index (χ0) is 19.3. The number of aliphatic hydroxyl groups is 1. The summed E-state index contributed by atoms with van der Waals surface area (Å²) in [6, 6.07) is 10.1. The molecular weight excluding hydrogens is 342 g/mol. The molecule has 0 unspecified atom stereocenters. The number of piperidine rings is 1. The molecule has 0 bridgehead atoms. The van der Waals surface area contributed by atoms with Crippen molar-refractivity contribution in [3.05, 3.63) is 53.9 Å². The number of hydrogen-bond donors (Lipinski definition) is 2. The fourth-order valence-electron chi connectivity index (χ4n) is 4.03. The molecule has 3 rings (SSSR count). The van der Waals surface area contributed by atoms with Crippen LogP contribution < -0.4 is 0 Å². The summed E-state index contributed by atoms with van der Waals surface area (Å²) < 4.78 is 1.87. The van der Waals surface area contributed by atoms with Crippen molar-refractivity contribution in [1.29, 1.82) is 0 Å². The van der Waals surface area contributed by atoms with Crippen LogP contribution in [0.3, 0.4) is 0 Å². The molecular formula is C21H29N3O3. The van der Waals surface area contributed by atoms with Gasteiger partial charge in [-0.2, -0.15) is 5.10 Å². The minimum absolute atomic E-state index is 0.371. The summed E-state index contributed by atoms with van der Waals surface area (Å²) in [5, 5.41) is 24.9. The number of carboxylic acids is 1. The second-order valence-corrected chi connectivity index (χ2v) is 7.52. The van der Waals surface area contributed by atoms with Crippen molar-refractivity contribution in [3.8, 4) is 0 Å². The predicted octanol–water partition coefficient (Wildman–Crippen LogP) is 2.56. The number of carboxylic acid groups (broad SMARTS) is 1. The third-order valence-corrected chi connectivity index (χ3v) is 5.64. The van der Waals surface area contributed by atoms with Gasteiger partial charge in [0.1, 0.15) is 5.41 Å². The maximum Gasteiger partial charge on any atom is 0.313 e. The van der Waals surface area contributed by atoms with Gasteiger partial charge in [0.05, 0.1) is 12.3 Å². The number of aliphatic hydroxyl groups excluding tert-OH is 1. The van der Waals surface area contributed by atoms with Crippen molar-refractivity contribution in [3.63, 3.8) is 0 Å². The summed E-state index contributed by atoms with van der Waals surface area (Å²) in [6.07, 6.45) is 5.57. The Morgan fingerprint density at radius 3 is 2.74 bits per heavy atom. The molecule has 1 aromatic carbocycles. The van der Waals surface area contributed by atoms with Crippen molar-refractivity contribution in [2.24, 2.45) is 5.41 Å². The highest BCUT2D eigenvalue weighted by Crippen LogP contribution is 2.36. The van der Waals surface area contributed by atoms with E-state index in [2.05, 4.69) is 22.1 Å². The molecule has 0 saturated carbocycles. The van der Waals surface area contributed by atoms with Gasteiger partial charge in [0.15, 0.2) is 0 Å². The third kappa shape index (κ3) is 4.57. The van der Waals surface area contributed by atoms with Gasteiger partial charge >= 0.3 is 5.97 Å². The Labute approximate surface area is 160 Å². The number of nitrogens with zero attached hydrogens (tertiary/aromatic N) is 3. The van der Waals surface area contributed by atoms with Crippen LogP contribution in [0.15, 0.2) is 42.7 Å². The van der Waals surface area contributed by atoms with Crippen LogP contribution in [0.1, 0.15) is 37.3 Å². The zero-order valence-corrected chi connectivity index (χ0v) is 15.9. The average molecular weight is 371 g/mol. The van der Waals surface area contributed by atoms with Crippen molar-refractivity contribution < 1.29 is 15.0 Å². The topological polar surface area (TPSA) is 78.6 Å². The van der Waals surface area contributed by atoms with Crippen molar-refractivity contribution in [1.82, 2.24) is 14.7 Å². The highest BCUT2D eigenvalue weighted by Gasteiger charge is 2.48. The van der Waals surface area contributed by atoms with Crippen LogP contribution in [0.2, 0.25) is 0 Å². The number of aromatic nitrogens is 2. The Balaban J connectivity index is 1.66.